The number of nitrogens with one attached hydrogen (secondary N) is 1. The molecule has 2 N–H and O–H groups in total. The lowest BCUT2D eigenvalue weighted by atomic mass is 10.1. The van der Waals surface area contributed by atoms with Gasteiger partial charge in [0, 0.05) is 6.42 Å². The van der Waals surface area contributed by atoms with E-state index in [1.54, 1.807) is 0 Å². The van der Waals surface area contributed by atoms with Gasteiger partial charge in [-0.1, -0.05) is 30.3 Å². The van der Waals surface area contributed by atoms with Gasteiger partial charge in [0.25, 0.3) is 0 Å². The van der Waals surface area contributed by atoms with Crippen LogP contribution in [0.4, 0.5) is 10.1 Å². The Balaban J connectivity index is 1.99. The second kappa shape index (κ2) is 6.65. The maximum absolute atomic E-state index is 13.5. The topological polar surface area (TPSA) is 66.4 Å². The van der Waals surface area contributed by atoms with Crippen LogP contribution in [0.5, 0.6) is 0 Å². The van der Waals surface area contributed by atoms with Gasteiger partial charge in [0.1, 0.15) is 5.82 Å². The fourth-order valence-electron chi connectivity index (χ4n) is 1.87. The minimum atomic E-state index is -1.17. The van der Waals surface area contributed by atoms with Gasteiger partial charge < -0.3 is 10.4 Å². The third-order valence-corrected chi connectivity index (χ3v) is 2.97. The number of rotatable bonds is 5. The highest BCUT2D eigenvalue weighted by Crippen LogP contribution is 2.17. The van der Waals surface area contributed by atoms with Gasteiger partial charge in [0.2, 0.25) is 5.91 Å². The van der Waals surface area contributed by atoms with E-state index in [9.17, 15) is 14.0 Å². The van der Waals surface area contributed by atoms with Crippen LogP contribution in [0.15, 0.2) is 48.5 Å². The number of carboxylic acid groups (broad SMARTS) is 1. The molecule has 0 aliphatic heterocycles. The lowest BCUT2D eigenvalue weighted by Gasteiger charge is -2.07. The van der Waals surface area contributed by atoms with E-state index in [4.69, 9.17) is 5.11 Å². The minimum absolute atomic E-state index is 0.0743. The SMILES string of the molecule is O=C(CCc1ccccc1)Nc1cc(C(=O)O)ccc1F. The molecule has 0 aliphatic carbocycles. The average molecular weight is 287 g/mol. The van der Waals surface area contributed by atoms with Crippen LogP contribution in [0.2, 0.25) is 0 Å². The molecular weight excluding hydrogens is 273 g/mol. The van der Waals surface area contributed by atoms with Crippen LogP contribution >= 0.6 is 0 Å². The molecule has 0 spiro atoms. The van der Waals surface area contributed by atoms with E-state index < -0.39 is 11.8 Å². The van der Waals surface area contributed by atoms with Crippen LogP contribution < -0.4 is 5.32 Å². The van der Waals surface area contributed by atoms with Crippen molar-refractivity contribution in [2.75, 3.05) is 5.32 Å². The maximum atomic E-state index is 13.5. The molecule has 21 heavy (non-hydrogen) atoms. The first-order valence-corrected chi connectivity index (χ1v) is 6.43. The molecule has 5 heteroatoms. The van der Waals surface area contributed by atoms with E-state index in [-0.39, 0.29) is 23.6 Å². The quantitative estimate of drug-likeness (QED) is 0.888. The Labute approximate surface area is 121 Å². The van der Waals surface area contributed by atoms with Gasteiger partial charge in [0.05, 0.1) is 11.3 Å². The van der Waals surface area contributed by atoms with Crippen molar-refractivity contribution in [2.45, 2.75) is 12.8 Å². The van der Waals surface area contributed by atoms with E-state index in [1.165, 1.54) is 0 Å². The number of halogens is 1. The molecule has 0 unspecified atom stereocenters. The zero-order chi connectivity index (χ0) is 15.2. The Bertz CT molecular complexity index is 656. The van der Waals surface area contributed by atoms with E-state index in [2.05, 4.69) is 5.32 Å². The fourth-order valence-corrected chi connectivity index (χ4v) is 1.87. The van der Waals surface area contributed by atoms with Crippen molar-refractivity contribution in [1.29, 1.82) is 0 Å². The van der Waals surface area contributed by atoms with Gasteiger partial charge in [-0.25, -0.2) is 9.18 Å². The minimum Gasteiger partial charge on any atom is -0.478 e. The molecule has 0 atom stereocenters. The highest BCUT2D eigenvalue weighted by molar-refractivity contribution is 5.94. The molecule has 0 fully saturated rings. The number of amides is 1. The van der Waals surface area contributed by atoms with Crippen molar-refractivity contribution in [3.05, 3.63) is 65.5 Å². The second-order valence-electron chi connectivity index (χ2n) is 4.53. The third-order valence-electron chi connectivity index (χ3n) is 2.97. The van der Waals surface area contributed by atoms with Crippen molar-refractivity contribution in [2.24, 2.45) is 0 Å². The van der Waals surface area contributed by atoms with Gasteiger partial charge in [-0.15, -0.1) is 0 Å². The van der Waals surface area contributed by atoms with Crippen LogP contribution in [0.25, 0.3) is 0 Å². The largest absolute Gasteiger partial charge is 0.478 e. The zero-order valence-electron chi connectivity index (χ0n) is 11.2. The van der Waals surface area contributed by atoms with Crippen molar-refractivity contribution in [3.63, 3.8) is 0 Å². The van der Waals surface area contributed by atoms with Crippen LogP contribution in [-0.4, -0.2) is 17.0 Å². The summed E-state index contributed by atoms with van der Waals surface area (Å²) < 4.78 is 13.5. The molecule has 108 valence electrons. The smallest absolute Gasteiger partial charge is 0.335 e. The number of aromatic carboxylic acids is 1. The fraction of sp³-hybridized carbons (Fsp3) is 0.125. The van der Waals surface area contributed by atoms with Crippen LogP contribution in [0.1, 0.15) is 22.3 Å². The van der Waals surface area contributed by atoms with Crippen LogP contribution in [-0.2, 0) is 11.2 Å². The Hall–Kier alpha value is -2.69. The molecular formula is C16H14FNO3. The number of carboxylic acids is 1. The molecule has 0 saturated carbocycles. The lowest BCUT2D eigenvalue weighted by Crippen LogP contribution is -2.14. The molecule has 0 radical (unpaired) electrons. The van der Waals surface area contributed by atoms with Crippen molar-refractivity contribution in [3.8, 4) is 0 Å². The van der Waals surface area contributed by atoms with Gasteiger partial charge >= 0.3 is 5.97 Å². The maximum Gasteiger partial charge on any atom is 0.335 e. The first kappa shape index (κ1) is 14.7. The van der Waals surface area contributed by atoms with E-state index >= 15 is 0 Å². The summed E-state index contributed by atoms with van der Waals surface area (Å²) in [5.74, 6) is -2.19. The molecule has 0 aromatic heterocycles. The predicted octanol–water partition coefficient (Wildman–Crippen LogP) is 3.10. The standard InChI is InChI=1S/C16H14FNO3/c17-13-8-7-12(16(20)21)10-14(13)18-15(19)9-6-11-4-2-1-3-5-11/h1-5,7-8,10H,6,9H2,(H,18,19)(H,20,21). The van der Waals surface area contributed by atoms with Gasteiger partial charge in [-0.2, -0.15) is 0 Å². The third kappa shape index (κ3) is 4.14. The summed E-state index contributed by atoms with van der Waals surface area (Å²) in [6.45, 7) is 0. The number of hydrogen-bond donors (Lipinski definition) is 2. The monoisotopic (exact) mass is 287 g/mol. The van der Waals surface area contributed by atoms with Gasteiger partial charge in [-0.3, -0.25) is 4.79 Å². The average Bonchev–Trinajstić information content (AvgIpc) is 2.48. The van der Waals surface area contributed by atoms with Crippen molar-refractivity contribution < 1.29 is 19.1 Å². The summed E-state index contributed by atoms with van der Waals surface area (Å²) in [6.07, 6.45) is 0.730. The second-order valence-corrected chi connectivity index (χ2v) is 4.53. The van der Waals surface area contributed by atoms with Crippen LogP contribution in [0.3, 0.4) is 0 Å². The molecule has 0 bridgehead atoms. The number of carbonyl (C=O) groups is 2. The molecule has 2 aromatic carbocycles. The summed E-state index contributed by atoms with van der Waals surface area (Å²) in [5, 5.41) is 11.2. The lowest BCUT2D eigenvalue weighted by molar-refractivity contribution is -0.116. The van der Waals surface area contributed by atoms with E-state index in [0.29, 0.717) is 6.42 Å². The number of anilines is 1. The van der Waals surface area contributed by atoms with E-state index in [0.717, 1.165) is 23.8 Å². The first-order valence-electron chi connectivity index (χ1n) is 6.43. The molecule has 0 aliphatic rings. The molecule has 1 amide bonds. The predicted molar refractivity (Wildman–Crippen MR) is 76.8 cm³/mol. The normalized spacial score (nSPS) is 10.1. The summed E-state index contributed by atoms with van der Waals surface area (Å²) >= 11 is 0. The molecule has 2 aromatic rings. The van der Waals surface area contributed by atoms with Crippen molar-refractivity contribution in [1.82, 2.24) is 0 Å². The molecule has 4 nitrogen and oxygen atoms in total. The Morgan fingerprint density at radius 3 is 2.48 bits per heavy atom. The van der Waals surface area contributed by atoms with Crippen LogP contribution in [0, 0.1) is 5.82 Å². The van der Waals surface area contributed by atoms with Gasteiger partial charge in [-0.05, 0) is 30.2 Å². The number of hydrogen-bond acceptors (Lipinski definition) is 2. The number of aryl methyl sites for hydroxylation is 1. The van der Waals surface area contributed by atoms with E-state index in [1.807, 2.05) is 30.3 Å². The van der Waals surface area contributed by atoms with Gasteiger partial charge in [0.15, 0.2) is 0 Å². The summed E-state index contributed by atoms with van der Waals surface area (Å²) in [7, 11) is 0. The number of benzene rings is 2. The molecule has 0 saturated heterocycles. The molecule has 2 rings (SSSR count). The Morgan fingerprint density at radius 2 is 1.81 bits per heavy atom. The Morgan fingerprint density at radius 1 is 1.10 bits per heavy atom. The summed E-state index contributed by atoms with van der Waals surface area (Å²) in [5.41, 5.74) is 0.815. The Kier molecular flexibility index (Phi) is 4.66. The number of carbonyl (C=O) groups excluding carboxylic acids is 1. The zero-order valence-corrected chi connectivity index (χ0v) is 11.2. The first-order chi connectivity index (χ1) is 10.1. The highest BCUT2D eigenvalue weighted by Gasteiger charge is 2.11. The summed E-state index contributed by atoms with van der Waals surface area (Å²) in [4.78, 5) is 22.6. The van der Waals surface area contributed by atoms with Crippen molar-refractivity contribution >= 4 is 17.6 Å². The molecule has 0 heterocycles. The summed E-state index contributed by atoms with van der Waals surface area (Å²) in [6, 6.07) is 12.7. The highest BCUT2D eigenvalue weighted by atomic mass is 19.1.